The Morgan fingerprint density at radius 1 is 1.12 bits per heavy atom. The van der Waals surface area contributed by atoms with Gasteiger partial charge in [-0.15, -0.1) is 0 Å². The van der Waals surface area contributed by atoms with Crippen molar-refractivity contribution in [2.24, 2.45) is 0 Å². The molecule has 0 aliphatic heterocycles. The Balaban J connectivity index is 0.00000109. The predicted octanol–water partition coefficient (Wildman–Crippen LogP) is 3.40. The normalized spacial score (nSPS) is 10.4. The molecule has 0 saturated carbocycles. The first-order chi connectivity index (χ1) is 12.3. The van der Waals surface area contributed by atoms with E-state index in [9.17, 15) is 0 Å². The second kappa shape index (κ2) is 9.74. The Kier molecular flexibility index (Phi) is 7.35. The number of pyridine rings is 1. The SMILES string of the molecule is CC.CCCc1ncccc1-c1cnn2ccc(NCCNC)nc12. The zero-order valence-corrected chi connectivity index (χ0v) is 15.6. The minimum Gasteiger partial charge on any atom is -0.369 e. The molecular formula is C19H28N6. The molecule has 6 nitrogen and oxygen atoms in total. The van der Waals surface area contributed by atoms with Gasteiger partial charge >= 0.3 is 0 Å². The summed E-state index contributed by atoms with van der Waals surface area (Å²) in [6.07, 6.45) is 7.67. The Morgan fingerprint density at radius 3 is 2.72 bits per heavy atom. The molecule has 25 heavy (non-hydrogen) atoms. The molecule has 0 aliphatic rings. The third-order valence-corrected chi connectivity index (χ3v) is 3.72. The van der Waals surface area contributed by atoms with Gasteiger partial charge in [0.2, 0.25) is 0 Å². The average molecular weight is 340 g/mol. The molecule has 0 amide bonds. The Bertz CT molecular complexity index is 780. The molecule has 0 aliphatic carbocycles. The second-order valence-corrected chi connectivity index (χ2v) is 5.42. The fourth-order valence-corrected chi connectivity index (χ4v) is 2.59. The van der Waals surface area contributed by atoms with E-state index in [0.717, 1.165) is 54.2 Å². The van der Waals surface area contributed by atoms with E-state index in [4.69, 9.17) is 4.98 Å². The average Bonchev–Trinajstić information content (AvgIpc) is 3.07. The van der Waals surface area contributed by atoms with Crippen LogP contribution in [0.2, 0.25) is 0 Å². The van der Waals surface area contributed by atoms with Crippen LogP contribution in [0.1, 0.15) is 32.9 Å². The fourth-order valence-electron chi connectivity index (χ4n) is 2.59. The first-order valence-electron chi connectivity index (χ1n) is 9.00. The molecular weight excluding hydrogens is 312 g/mol. The second-order valence-electron chi connectivity index (χ2n) is 5.42. The number of nitrogens with zero attached hydrogens (tertiary/aromatic N) is 4. The van der Waals surface area contributed by atoms with Crippen LogP contribution in [-0.4, -0.2) is 39.7 Å². The van der Waals surface area contributed by atoms with Crippen LogP contribution in [0, 0.1) is 0 Å². The van der Waals surface area contributed by atoms with Gasteiger partial charge in [0.15, 0.2) is 5.65 Å². The number of hydrogen-bond donors (Lipinski definition) is 2. The number of likely N-dealkylation sites (N-methyl/N-ethyl adjacent to an activating group) is 1. The van der Waals surface area contributed by atoms with Gasteiger partial charge in [0.05, 0.1) is 6.20 Å². The molecule has 0 atom stereocenters. The fraction of sp³-hybridized carbons (Fsp3) is 0.421. The van der Waals surface area contributed by atoms with Crippen LogP contribution in [0.3, 0.4) is 0 Å². The zero-order chi connectivity index (χ0) is 18.1. The maximum Gasteiger partial charge on any atom is 0.165 e. The number of nitrogens with one attached hydrogen (secondary N) is 2. The number of anilines is 1. The molecule has 0 spiro atoms. The van der Waals surface area contributed by atoms with Crippen LogP contribution in [0.4, 0.5) is 5.82 Å². The molecule has 2 N–H and O–H groups in total. The molecule has 0 aromatic carbocycles. The molecule has 0 unspecified atom stereocenters. The molecule has 3 aromatic heterocycles. The summed E-state index contributed by atoms with van der Waals surface area (Å²) in [6, 6.07) is 6.00. The standard InChI is InChI=1S/C17H22N6.C2H6/c1-3-5-15-13(6-4-8-19-15)14-12-21-23-11-7-16(22-17(14)23)20-10-9-18-2;1-2/h4,6-8,11-12,18H,3,5,9-10H2,1-2H3,(H,20,22);1-2H3. The highest BCUT2D eigenvalue weighted by Gasteiger charge is 2.12. The van der Waals surface area contributed by atoms with Gasteiger partial charge in [0.1, 0.15) is 5.82 Å². The number of fused-ring (bicyclic) bond motifs is 1. The van der Waals surface area contributed by atoms with E-state index < -0.39 is 0 Å². The first-order valence-corrected chi connectivity index (χ1v) is 9.00. The Morgan fingerprint density at radius 2 is 1.96 bits per heavy atom. The largest absolute Gasteiger partial charge is 0.369 e. The summed E-state index contributed by atoms with van der Waals surface area (Å²) in [5, 5.41) is 10.8. The Hall–Kier alpha value is -2.47. The van der Waals surface area contributed by atoms with Crippen LogP contribution in [0.25, 0.3) is 16.8 Å². The van der Waals surface area contributed by atoms with Crippen molar-refractivity contribution >= 4 is 11.5 Å². The van der Waals surface area contributed by atoms with E-state index >= 15 is 0 Å². The highest BCUT2D eigenvalue weighted by atomic mass is 15.2. The van der Waals surface area contributed by atoms with Crippen LogP contribution >= 0.6 is 0 Å². The van der Waals surface area contributed by atoms with Crippen molar-refractivity contribution in [2.45, 2.75) is 33.6 Å². The zero-order valence-electron chi connectivity index (χ0n) is 15.6. The molecule has 0 bridgehead atoms. The van der Waals surface area contributed by atoms with Crippen LogP contribution in [-0.2, 0) is 6.42 Å². The first kappa shape index (κ1) is 18.9. The maximum atomic E-state index is 4.72. The molecule has 3 aromatic rings. The molecule has 0 radical (unpaired) electrons. The van der Waals surface area contributed by atoms with Crippen molar-refractivity contribution in [2.75, 3.05) is 25.5 Å². The maximum absolute atomic E-state index is 4.72. The van der Waals surface area contributed by atoms with Gasteiger partial charge in [-0.05, 0) is 25.6 Å². The van der Waals surface area contributed by atoms with E-state index in [0.29, 0.717) is 0 Å². The lowest BCUT2D eigenvalue weighted by molar-refractivity contribution is 0.820. The van der Waals surface area contributed by atoms with Gasteiger partial charge in [-0.2, -0.15) is 5.10 Å². The summed E-state index contributed by atoms with van der Waals surface area (Å²) in [7, 11) is 1.94. The highest BCUT2D eigenvalue weighted by molar-refractivity contribution is 5.79. The summed E-state index contributed by atoms with van der Waals surface area (Å²) in [5.74, 6) is 0.857. The van der Waals surface area contributed by atoms with Crippen LogP contribution in [0.5, 0.6) is 0 Å². The molecule has 134 valence electrons. The number of hydrogen-bond acceptors (Lipinski definition) is 5. The van der Waals surface area contributed by atoms with Gasteiger partial charge < -0.3 is 10.6 Å². The van der Waals surface area contributed by atoms with Crippen LogP contribution in [0.15, 0.2) is 36.8 Å². The highest BCUT2D eigenvalue weighted by Crippen LogP contribution is 2.27. The van der Waals surface area contributed by atoms with Gasteiger partial charge in [0.25, 0.3) is 0 Å². The minimum absolute atomic E-state index is 0.830. The summed E-state index contributed by atoms with van der Waals surface area (Å²) in [4.78, 5) is 9.24. The van der Waals surface area contributed by atoms with Gasteiger partial charge in [-0.25, -0.2) is 9.50 Å². The number of rotatable bonds is 7. The van der Waals surface area contributed by atoms with E-state index in [-0.39, 0.29) is 0 Å². The minimum atomic E-state index is 0.830. The lowest BCUT2D eigenvalue weighted by Gasteiger charge is -2.08. The van der Waals surface area contributed by atoms with E-state index in [1.165, 1.54) is 0 Å². The van der Waals surface area contributed by atoms with E-state index in [1.54, 1.807) is 4.52 Å². The molecule has 0 fully saturated rings. The molecule has 6 heteroatoms. The number of aryl methyl sites for hydroxylation is 1. The van der Waals surface area contributed by atoms with Crippen molar-refractivity contribution in [1.29, 1.82) is 0 Å². The topological polar surface area (TPSA) is 67.1 Å². The molecule has 0 saturated heterocycles. The summed E-state index contributed by atoms with van der Waals surface area (Å²) in [6.45, 7) is 7.88. The molecule has 3 heterocycles. The quantitative estimate of drug-likeness (QED) is 0.645. The summed E-state index contributed by atoms with van der Waals surface area (Å²) < 4.78 is 1.81. The summed E-state index contributed by atoms with van der Waals surface area (Å²) in [5.41, 5.74) is 4.09. The smallest absolute Gasteiger partial charge is 0.165 e. The van der Waals surface area contributed by atoms with E-state index in [2.05, 4.69) is 33.7 Å². The predicted molar refractivity (Wildman–Crippen MR) is 104 cm³/mol. The lowest BCUT2D eigenvalue weighted by Crippen LogP contribution is -2.18. The Labute approximate surface area is 149 Å². The van der Waals surface area contributed by atoms with Crippen molar-refractivity contribution < 1.29 is 0 Å². The van der Waals surface area contributed by atoms with Gasteiger partial charge in [-0.1, -0.05) is 33.3 Å². The number of aromatic nitrogens is 4. The van der Waals surface area contributed by atoms with E-state index in [1.807, 2.05) is 51.6 Å². The summed E-state index contributed by atoms with van der Waals surface area (Å²) >= 11 is 0. The van der Waals surface area contributed by atoms with Gasteiger partial charge in [-0.3, -0.25) is 4.98 Å². The van der Waals surface area contributed by atoms with Crippen LogP contribution < -0.4 is 10.6 Å². The van der Waals surface area contributed by atoms with Crippen molar-refractivity contribution in [3.05, 3.63) is 42.5 Å². The van der Waals surface area contributed by atoms with Crippen molar-refractivity contribution in [3.8, 4) is 11.1 Å². The third-order valence-electron chi connectivity index (χ3n) is 3.72. The van der Waals surface area contributed by atoms with Crippen molar-refractivity contribution in [3.63, 3.8) is 0 Å². The van der Waals surface area contributed by atoms with Crippen molar-refractivity contribution in [1.82, 2.24) is 24.9 Å². The third kappa shape index (κ3) is 4.54. The monoisotopic (exact) mass is 340 g/mol. The molecule has 3 rings (SSSR count). The lowest BCUT2D eigenvalue weighted by atomic mass is 10.0. The van der Waals surface area contributed by atoms with Gasteiger partial charge in [0, 0.05) is 42.3 Å².